The predicted octanol–water partition coefficient (Wildman–Crippen LogP) is 9.86. The van der Waals surface area contributed by atoms with Crippen LogP contribution in [0.1, 0.15) is 158 Å². The molecule has 0 bridgehead atoms. The Bertz CT molecular complexity index is 771. The molecule has 10 heteroatoms. The average molecular weight is 827 g/mol. The van der Waals surface area contributed by atoms with Crippen molar-refractivity contribution in [2.24, 2.45) is 23.7 Å². The van der Waals surface area contributed by atoms with E-state index in [2.05, 4.69) is 41.5 Å². The Hall–Kier alpha value is 0.259. The third-order valence-corrected chi connectivity index (χ3v) is 24.2. The summed E-state index contributed by atoms with van der Waals surface area (Å²) in [5, 5.41) is 0. The van der Waals surface area contributed by atoms with E-state index in [1.54, 1.807) is 0 Å². The fraction of sp³-hybridized carbons (Fsp3) is 0.919. The van der Waals surface area contributed by atoms with E-state index in [1.807, 2.05) is 6.92 Å². The van der Waals surface area contributed by atoms with Gasteiger partial charge in [0, 0.05) is 0 Å². The molecule has 0 N–H and O–H groups in total. The third-order valence-electron chi connectivity index (χ3n) is 8.47. The van der Waals surface area contributed by atoms with Crippen LogP contribution in [0.2, 0.25) is 0 Å². The fourth-order valence-corrected chi connectivity index (χ4v) is 23.0. The van der Waals surface area contributed by atoms with Crippen molar-refractivity contribution in [3.63, 3.8) is 0 Å². The zero-order valence-electron chi connectivity index (χ0n) is 31.0. The molecule has 0 rings (SSSR count). The van der Waals surface area contributed by atoms with Gasteiger partial charge in [0.25, 0.3) is 0 Å². The van der Waals surface area contributed by atoms with E-state index in [0.29, 0.717) is 37.6 Å². The van der Waals surface area contributed by atoms with Crippen LogP contribution in [0.3, 0.4) is 0 Å². The number of rotatable bonds is 30. The first-order valence-electron chi connectivity index (χ1n) is 18.6. The van der Waals surface area contributed by atoms with Gasteiger partial charge in [0.1, 0.15) is 0 Å². The van der Waals surface area contributed by atoms with Crippen LogP contribution in [0.25, 0.3) is 0 Å². The molecule has 0 aliphatic heterocycles. The van der Waals surface area contributed by atoms with Gasteiger partial charge < -0.3 is 0 Å². The molecule has 0 aliphatic carbocycles. The summed E-state index contributed by atoms with van der Waals surface area (Å²) in [5.74, 6) is 0.783. The van der Waals surface area contributed by atoms with Gasteiger partial charge >= 0.3 is 315 Å². The van der Waals surface area contributed by atoms with Crippen LogP contribution in [0.15, 0.2) is 0 Å². The first kappa shape index (κ1) is 47.3. The van der Waals surface area contributed by atoms with Gasteiger partial charge in [0.15, 0.2) is 0 Å². The van der Waals surface area contributed by atoms with Crippen LogP contribution in [0.4, 0.5) is 0 Å². The van der Waals surface area contributed by atoms with Crippen molar-refractivity contribution in [1.29, 1.82) is 0 Å². The van der Waals surface area contributed by atoms with Crippen LogP contribution in [0.5, 0.6) is 0 Å². The fourth-order valence-electron chi connectivity index (χ4n) is 5.40. The van der Waals surface area contributed by atoms with Crippen molar-refractivity contribution < 1.29 is 28.6 Å². The van der Waals surface area contributed by atoms with Crippen LogP contribution in [-0.4, -0.2) is 67.3 Å². The van der Waals surface area contributed by atoms with Crippen LogP contribution in [-0.2, 0) is 28.6 Å². The van der Waals surface area contributed by atoms with Gasteiger partial charge in [0.05, 0.1) is 0 Å². The Kier molecular flexibility index (Phi) is 30.1. The van der Waals surface area contributed by atoms with Crippen molar-refractivity contribution in [2.45, 2.75) is 167 Å². The summed E-state index contributed by atoms with van der Waals surface area (Å²) in [5.41, 5.74) is 0. The summed E-state index contributed by atoms with van der Waals surface area (Å²) in [7, 11) is 0. The van der Waals surface area contributed by atoms with E-state index in [9.17, 15) is 14.4 Å². The molecular formula is C37H71O6S3Sn. The molecule has 4 unspecified atom stereocenters. The molecule has 6 nitrogen and oxygen atoms in total. The molecule has 0 saturated carbocycles. The molecule has 47 heavy (non-hydrogen) atoms. The molecule has 0 aromatic carbocycles. The molecule has 277 valence electrons. The van der Waals surface area contributed by atoms with Crippen LogP contribution < -0.4 is 0 Å². The summed E-state index contributed by atoms with van der Waals surface area (Å²) in [6.45, 7) is 16.4. The topological polar surface area (TPSA) is 78.9 Å². The number of carbonyl (C=O) groups is 3. The summed E-state index contributed by atoms with van der Waals surface area (Å²) >= 11 is 11.7. The second-order valence-electron chi connectivity index (χ2n) is 14.6. The second-order valence-corrected chi connectivity index (χ2v) is 29.1. The monoisotopic (exact) mass is 827 g/mol. The van der Waals surface area contributed by atoms with Crippen molar-refractivity contribution in [3.8, 4) is 0 Å². The number of unbranched alkanes of at least 4 members (excludes halogenated alkanes) is 9. The predicted molar refractivity (Wildman–Crippen MR) is 209 cm³/mol. The van der Waals surface area contributed by atoms with E-state index in [4.69, 9.17) is 52.1 Å². The summed E-state index contributed by atoms with van der Waals surface area (Å²) in [6, 6.07) is 0. The second kappa shape index (κ2) is 29.9. The molecular weight excluding hydrogens is 755 g/mol. The van der Waals surface area contributed by atoms with E-state index in [1.165, 1.54) is 38.5 Å². The van der Waals surface area contributed by atoms with E-state index in [-0.39, 0.29) is 40.5 Å². The van der Waals surface area contributed by atoms with Gasteiger partial charge in [-0.3, -0.25) is 0 Å². The quantitative estimate of drug-likeness (QED) is 0.0220. The van der Waals surface area contributed by atoms with Gasteiger partial charge in [0.2, 0.25) is 0 Å². The van der Waals surface area contributed by atoms with Crippen molar-refractivity contribution in [3.05, 3.63) is 0 Å². The minimum atomic E-state index is -3.00. The Morgan fingerprint density at radius 3 is 1.15 bits per heavy atom. The van der Waals surface area contributed by atoms with E-state index in [0.717, 1.165) is 57.8 Å². The van der Waals surface area contributed by atoms with Gasteiger partial charge in [-0.25, -0.2) is 0 Å². The SMILES string of the molecule is CC(C)CCCCCCOC(=O)C[CH](S)[Sn]([CH](S)CC(=O)OCCCCCCC(C)C)[CH](S)C(C)C(=O)OCCCCCCC(C)C. The molecule has 0 aliphatic rings. The first-order valence-corrected chi connectivity index (χ1v) is 25.1. The van der Waals surface area contributed by atoms with Crippen LogP contribution in [0, 0.1) is 23.7 Å². The average Bonchev–Trinajstić information content (AvgIpc) is 2.98. The van der Waals surface area contributed by atoms with E-state index < -0.39 is 25.7 Å². The summed E-state index contributed by atoms with van der Waals surface area (Å²) in [4.78, 5) is 38.7. The van der Waals surface area contributed by atoms with Crippen LogP contribution >= 0.6 is 37.9 Å². The minimum absolute atomic E-state index is 0.128. The Balaban J connectivity index is 5.07. The number of hydrogen-bond donors (Lipinski definition) is 3. The summed E-state index contributed by atoms with van der Waals surface area (Å²) in [6.07, 6.45) is 16.6. The van der Waals surface area contributed by atoms with Crippen molar-refractivity contribution >= 4 is 75.6 Å². The van der Waals surface area contributed by atoms with Gasteiger partial charge in [-0.1, -0.05) is 0 Å². The number of carbonyl (C=O) groups excluding carboxylic acids is 3. The maximum absolute atomic E-state index is 13.1. The number of thiol groups is 3. The zero-order valence-corrected chi connectivity index (χ0v) is 36.5. The normalized spacial score (nSPS) is 14.4. The Labute approximate surface area is 313 Å². The number of ether oxygens (including phenoxy) is 3. The summed E-state index contributed by atoms with van der Waals surface area (Å²) < 4.78 is 15.8. The van der Waals surface area contributed by atoms with Crippen molar-refractivity contribution in [2.75, 3.05) is 19.8 Å². The molecule has 0 amide bonds. The van der Waals surface area contributed by atoms with Crippen molar-refractivity contribution in [1.82, 2.24) is 0 Å². The molecule has 0 saturated heterocycles. The molecule has 0 fully saturated rings. The molecule has 0 heterocycles. The number of esters is 3. The molecule has 0 spiro atoms. The van der Waals surface area contributed by atoms with Gasteiger partial charge in [-0.15, -0.1) is 0 Å². The standard InChI is InChI=1S/C13H25O2S.2C12H23O2S.Sn/c1-11(2)8-6-4-5-7-9-15-13(14)12(3)10-16;2*1-11(2)7-5-3-4-6-9-14-12(13)8-10-15;/h10-12,16H,4-9H2,1-3H3;2*10-11,15H,3-9H2,1-2H3;. The third kappa shape index (κ3) is 26.7. The number of hydrogen-bond acceptors (Lipinski definition) is 9. The molecule has 4 atom stereocenters. The molecule has 0 aromatic heterocycles. The molecule has 1 radical (unpaired) electrons. The van der Waals surface area contributed by atoms with Gasteiger partial charge in [-0.2, -0.15) is 0 Å². The zero-order chi connectivity index (χ0) is 35.6. The Morgan fingerprint density at radius 1 is 0.489 bits per heavy atom. The Morgan fingerprint density at radius 2 is 0.809 bits per heavy atom. The van der Waals surface area contributed by atoms with E-state index >= 15 is 0 Å². The maximum atomic E-state index is 13.1. The van der Waals surface area contributed by atoms with Gasteiger partial charge in [-0.05, 0) is 0 Å². The molecule has 0 aromatic rings. The first-order chi connectivity index (χ1) is 22.3.